The van der Waals surface area contributed by atoms with Crippen LogP contribution in [0.3, 0.4) is 0 Å². The van der Waals surface area contributed by atoms with Crippen molar-refractivity contribution >= 4 is 27.5 Å². The van der Waals surface area contributed by atoms with E-state index >= 15 is 0 Å². The van der Waals surface area contributed by atoms with E-state index in [1.807, 2.05) is 6.92 Å². The summed E-state index contributed by atoms with van der Waals surface area (Å²) in [5.41, 5.74) is 1.46. The molecule has 6 nitrogen and oxygen atoms in total. The first-order chi connectivity index (χ1) is 10.9. The largest absolute Gasteiger partial charge is 0.376 e. The minimum absolute atomic E-state index is 0.0326. The number of aryl methyl sites for hydroxylation is 1. The number of sulfonamides is 1. The second-order valence-corrected chi connectivity index (χ2v) is 7.82. The molecule has 0 spiro atoms. The summed E-state index contributed by atoms with van der Waals surface area (Å²) in [5.74, 6) is -0.586. The monoisotopic (exact) mass is 360 g/mol. The number of carbonyl (C=O) groups is 1. The molecule has 23 heavy (non-hydrogen) atoms. The quantitative estimate of drug-likeness (QED) is 0.769. The predicted molar refractivity (Wildman–Crippen MR) is 88.8 cm³/mol. The van der Waals surface area contributed by atoms with Crippen LogP contribution < -0.4 is 10.0 Å². The van der Waals surface area contributed by atoms with Crippen LogP contribution in [0.1, 0.15) is 24.0 Å². The van der Waals surface area contributed by atoms with Crippen molar-refractivity contribution in [3.8, 4) is 0 Å². The Morgan fingerprint density at radius 1 is 1.43 bits per heavy atom. The van der Waals surface area contributed by atoms with Gasteiger partial charge in [-0.05, 0) is 37.0 Å². The molecule has 0 radical (unpaired) electrons. The number of amides is 1. The highest BCUT2D eigenvalue weighted by Crippen LogP contribution is 2.18. The van der Waals surface area contributed by atoms with E-state index in [0.717, 1.165) is 18.4 Å². The Morgan fingerprint density at radius 3 is 2.87 bits per heavy atom. The van der Waals surface area contributed by atoms with Crippen LogP contribution in [0, 0.1) is 6.92 Å². The van der Waals surface area contributed by atoms with Gasteiger partial charge < -0.3 is 10.1 Å². The van der Waals surface area contributed by atoms with E-state index in [1.54, 1.807) is 18.2 Å². The third-order valence-electron chi connectivity index (χ3n) is 3.60. The molecule has 1 amide bonds. The number of nitrogens with one attached hydrogen (secondary N) is 2. The molecule has 0 bridgehead atoms. The maximum atomic E-state index is 12.0. The average molecular weight is 361 g/mol. The van der Waals surface area contributed by atoms with Crippen molar-refractivity contribution in [3.05, 3.63) is 34.3 Å². The van der Waals surface area contributed by atoms with Crippen molar-refractivity contribution in [2.75, 3.05) is 19.7 Å². The Bertz CT molecular complexity index is 657. The summed E-state index contributed by atoms with van der Waals surface area (Å²) in [4.78, 5) is 11.7. The van der Waals surface area contributed by atoms with E-state index in [9.17, 15) is 13.2 Å². The van der Waals surface area contributed by atoms with Crippen LogP contribution in [-0.2, 0) is 25.3 Å². The lowest BCUT2D eigenvalue weighted by atomic mass is 10.2. The van der Waals surface area contributed by atoms with Gasteiger partial charge >= 0.3 is 0 Å². The molecule has 0 aliphatic carbocycles. The van der Waals surface area contributed by atoms with Gasteiger partial charge in [-0.3, -0.25) is 4.79 Å². The van der Waals surface area contributed by atoms with Crippen molar-refractivity contribution in [1.82, 2.24) is 10.0 Å². The van der Waals surface area contributed by atoms with E-state index in [0.29, 0.717) is 23.7 Å². The van der Waals surface area contributed by atoms with Crippen LogP contribution in [0.15, 0.2) is 18.2 Å². The molecule has 1 atom stereocenters. The Morgan fingerprint density at radius 2 is 2.22 bits per heavy atom. The number of carbonyl (C=O) groups excluding carboxylic acids is 1. The van der Waals surface area contributed by atoms with Gasteiger partial charge in [-0.15, -0.1) is 0 Å². The number of hydrogen-bond donors (Lipinski definition) is 2. The van der Waals surface area contributed by atoms with Crippen molar-refractivity contribution in [1.29, 1.82) is 0 Å². The van der Waals surface area contributed by atoms with Crippen LogP contribution in [0.4, 0.5) is 0 Å². The Labute approximate surface area is 141 Å². The zero-order valence-electron chi connectivity index (χ0n) is 13.0. The van der Waals surface area contributed by atoms with Crippen LogP contribution in [0.2, 0.25) is 5.02 Å². The predicted octanol–water partition coefficient (Wildman–Crippen LogP) is 1.36. The summed E-state index contributed by atoms with van der Waals surface area (Å²) < 4.78 is 31.7. The molecule has 8 heteroatoms. The smallest absolute Gasteiger partial charge is 0.235 e. The summed E-state index contributed by atoms with van der Waals surface area (Å²) in [6.07, 6.45) is 1.94. The van der Waals surface area contributed by atoms with Gasteiger partial charge in [0.15, 0.2) is 0 Å². The highest BCUT2D eigenvalue weighted by Gasteiger charge is 2.17. The third kappa shape index (κ3) is 6.10. The Hall–Kier alpha value is -1.15. The van der Waals surface area contributed by atoms with Crippen molar-refractivity contribution < 1.29 is 17.9 Å². The summed E-state index contributed by atoms with van der Waals surface area (Å²) in [5, 5.41) is 3.19. The van der Waals surface area contributed by atoms with E-state index in [1.165, 1.54) is 0 Å². The second-order valence-electron chi connectivity index (χ2n) is 5.60. The maximum absolute atomic E-state index is 12.0. The molecule has 2 rings (SSSR count). The van der Waals surface area contributed by atoms with Crippen LogP contribution in [0.5, 0.6) is 0 Å². The average Bonchev–Trinajstić information content (AvgIpc) is 3.00. The normalized spacial score (nSPS) is 18.1. The summed E-state index contributed by atoms with van der Waals surface area (Å²) >= 11 is 5.98. The van der Waals surface area contributed by atoms with Gasteiger partial charge in [0.25, 0.3) is 0 Å². The van der Waals surface area contributed by atoms with Gasteiger partial charge in [-0.25, -0.2) is 13.1 Å². The van der Waals surface area contributed by atoms with Crippen molar-refractivity contribution in [2.45, 2.75) is 31.6 Å². The lowest BCUT2D eigenvalue weighted by Gasteiger charge is -2.11. The van der Waals surface area contributed by atoms with Crippen molar-refractivity contribution in [3.63, 3.8) is 0 Å². The molecule has 128 valence electrons. The van der Waals surface area contributed by atoms with Gasteiger partial charge in [0.05, 0.1) is 18.4 Å². The number of hydrogen-bond acceptors (Lipinski definition) is 4. The van der Waals surface area contributed by atoms with Gasteiger partial charge in [0.1, 0.15) is 0 Å². The molecule has 1 saturated heterocycles. The van der Waals surface area contributed by atoms with E-state index in [2.05, 4.69) is 10.0 Å². The molecule has 1 unspecified atom stereocenters. The zero-order valence-corrected chi connectivity index (χ0v) is 14.5. The third-order valence-corrected chi connectivity index (χ3v) is 5.30. The molecule has 1 aliphatic heterocycles. The van der Waals surface area contributed by atoms with Gasteiger partial charge in [-0.2, -0.15) is 0 Å². The number of rotatable bonds is 7. The summed E-state index contributed by atoms with van der Waals surface area (Å²) in [7, 11) is -3.60. The first kappa shape index (κ1) is 18.2. The fourth-order valence-corrected chi connectivity index (χ4v) is 3.54. The zero-order chi connectivity index (χ0) is 16.9. The van der Waals surface area contributed by atoms with Gasteiger partial charge in [0, 0.05) is 18.2 Å². The minimum atomic E-state index is -3.60. The number of ether oxygens (including phenoxy) is 1. The molecule has 0 saturated carbocycles. The maximum Gasteiger partial charge on any atom is 0.235 e. The number of benzene rings is 1. The molecule has 1 aromatic rings. The molecular formula is C15H21ClN2O4S. The van der Waals surface area contributed by atoms with E-state index in [4.69, 9.17) is 16.3 Å². The summed E-state index contributed by atoms with van der Waals surface area (Å²) in [6.45, 7) is 2.69. The fraction of sp³-hybridized carbons (Fsp3) is 0.533. The van der Waals surface area contributed by atoms with Gasteiger partial charge in [-0.1, -0.05) is 23.7 Å². The Balaban J connectivity index is 1.78. The van der Waals surface area contributed by atoms with Crippen molar-refractivity contribution in [2.24, 2.45) is 0 Å². The molecule has 1 fully saturated rings. The molecular weight excluding hydrogens is 340 g/mol. The lowest BCUT2D eigenvalue weighted by Crippen LogP contribution is -2.40. The molecule has 1 aliphatic rings. The molecule has 0 aromatic heterocycles. The lowest BCUT2D eigenvalue weighted by molar-refractivity contribution is -0.120. The highest BCUT2D eigenvalue weighted by molar-refractivity contribution is 7.88. The van der Waals surface area contributed by atoms with E-state index < -0.39 is 10.0 Å². The fourth-order valence-electron chi connectivity index (χ4n) is 2.27. The Kier molecular flexibility index (Phi) is 6.41. The number of halogens is 1. The molecule has 1 aromatic carbocycles. The first-order valence-corrected chi connectivity index (χ1v) is 9.49. The SMILES string of the molecule is Cc1ccc(CS(=O)(=O)NCC(=O)NCC2CCCO2)cc1Cl. The molecule has 2 N–H and O–H groups in total. The van der Waals surface area contributed by atoms with Crippen LogP contribution >= 0.6 is 11.6 Å². The summed E-state index contributed by atoms with van der Waals surface area (Å²) in [6, 6.07) is 5.09. The second kappa shape index (κ2) is 8.10. The minimum Gasteiger partial charge on any atom is -0.376 e. The highest BCUT2D eigenvalue weighted by atomic mass is 35.5. The van der Waals surface area contributed by atoms with Crippen LogP contribution in [-0.4, -0.2) is 40.1 Å². The molecule has 1 heterocycles. The first-order valence-electron chi connectivity index (χ1n) is 7.46. The van der Waals surface area contributed by atoms with Gasteiger partial charge in [0.2, 0.25) is 15.9 Å². The van der Waals surface area contributed by atoms with E-state index in [-0.39, 0.29) is 24.3 Å². The topological polar surface area (TPSA) is 84.5 Å². The van der Waals surface area contributed by atoms with Crippen LogP contribution in [0.25, 0.3) is 0 Å². The standard InChI is InChI=1S/C15H21ClN2O4S/c1-11-4-5-12(7-14(11)16)10-23(20,21)18-9-15(19)17-8-13-3-2-6-22-13/h4-5,7,13,18H,2-3,6,8-10H2,1H3,(H,17,19).